The number of carbonyl (C=O) groups excluding carboxylic acids is 2. The summed E-state index contributed by atoms with van der Waals surface area (Å²) in [4.78, 5) is 36.4. The molecule has 0 radical (unpaired) electrons. The molecular formula is C24H26ClFN4O3S. The zero-order chi connectivity index (χ0) is 24.4. The lowest BCUT2D eigenvalue weighted by Gasteiger charge is -2.24. The number of methoxy groups -OCH3 is 1. The van der Waals surface area contributed by atoms with E-state index < -0.39 is 5.92 Å². The smallest absolute Gasteiger partial charge is 0.234 e. The fourth-order valence-corrected chi connectivity index (χ4v) is 5.32. The molecule has 1 saturated heterocycles. The lowest BCUT2D eigenvalue weighted by molar-refractivity contribution is -0.124. The quantitative estimate of drug-likeness (QED) is 0.454. The molecule has 2 aromatic carbocycles. The van der Waals surface area contributed by atoms with Crippen molar-refractivity contribution in [2.45, 2.75) is 12.8 Å². The molecule has 0 N–H and O–H groups in total. The summed E-state index contributed by atoms with van der Waals surface area (Å²) in [5.74, 6) is -0.638. The molecule has 0 bridgehead atoms. The minimum atomic E-state index is -0.527. The van der Waals surface area contributed by atoms with Crippen LogP contribution in [0.4, 0.5) is 15.2 Å². The van der Waals surface area contributed by atoms with Crippen molar-refractivity contribution in [1.29, 1.82) is 0 Å². The van der Waals surface area contributed by atoms with E-state index in [0.29, 0.717) is 33.7 Å². The third-order valence-corrected chi connectivity index (χ3v) is 7.30. The Kier molecular flexibility index (Phi) is 7.35. The van der Waals surface area contributed by atoms with Gasteiger partial charge < -0.3 is 14.5 Å². The first kappa shape index (κ1) is 24.4. The number of benzene rings is 2. The van der Waals surface area contributed by atoms with Crippen LogP contribution < -0.4 is 14.5 Å². The zero-order valence-electron chi connectivity index (χ0n) is 19.3. The van der Waals surface area contributed by atoms with E-state index in [-0.39, 0.29) is 30.6 Å². The van der Waals surface area contributed by atoms with Crippen LogP contribution in [0.1, 0.15) is 12.8 Å². The predicted molar refractivity (Wildman–Crippen MR) is 134 cm³/mol. The molecular weight excluding hydrogens is 479 g/mol. The van der Waals surface area contributed by atoms with Gasteiger partial charge in [-0.1, -0.05) is 22.9 Å². The molecule has 1 fully saturated rings. The fourth-order valence-electron chi connectivity index (χ4n) is 4.03. The number of anilines is 2. The van der Waals surface area contributed by atoms with E-state index in [4.69, 9.17) is 21.3 Å². The molecule has 1 unspecified atom stereocenters. The summed E-state index contributed by atoms with van der Waals surface area (Å²) < 4.78 is 19.5. The molecule has 10 heteroatoms. The number of rotatable bonds is 8. The van der Waals surface area contributed by atoms with Gasteiger partial charge in [-0.3, -0.25) is 14.5 Å². The maximum Gasteiger partial charge on any atom is 0.234 e. The first-order valence-electron chi connectivity index (χ1n) is 10.9. The van der Waals surface area contributed by atoms with Crippen molar-refractivity contribution < 1.29 is 18.7 Å². The number of thiazole rings is 1. The van der Waals surface area contributed by atoms with Gasteiger partial charge in [0.2, 0.25) is 11.8 Å². The molecule has 0 spiro atoms. The molecule has 0 saturated carbocycles. The highest BCUT2D eigenvalue weighted by Crippen LogP contribution is 2.39. The van der Waals surface area contributed by atoms with Gasteiger partial charge in [0.1, 0.15) is 17.1 Å². The van der Waals surface area contributed by atoms with Gasteiger partial charge in [0, 0.05) is 25.2 Å². The number of nitrogens with zero attached hydrogens (tertiary/aromatic N) is 4. The van der Waals surface area contributed by atoms with Gasteiger partial charge in [0.25, 0.3) is 0 Å². The Morgan fingerprint density at radius 1 is 1.24 bits per heavy atom. The molecule has 1 aromatic heterocycles. The van der Waals surface area contributed by atoms with Crippen molar-refractivity contribution >= 4 is 55.8 Å². The summed E-state index contributed by atoms with van der Waals surface area (Å²) in [6.45, 7) is 1.49. The van der Waals surface area contributed by atoms with Crippen LogP contribution in [-0.4, -0.2) is 62.5 Å². The summed E-state index contributed by atoms with van der Waals surface area (Å²) in [5.41, 5.74) is 1.19. The molecule has 34 heavy (non-hydrogen) atoms. The number of hydrogen-bond donors (Lipinski definition) is 0. The van der Waals surface area contributed by atoms with Gasteiger partial charge in [-0.15, -0.1) is 0 Å². The van der Waals surface area contributed by atoms with E-state index in [9.17, 15) is 14.0 Å². The highest BCUT2D eigenvalue weighted by molar-refractivity contribution is 7.23. The number of fused-ring (bicyclic) bond motifs is 1. The Bertz CT molecular complexity index is 1200. The normalized spacial score (nSPS) is 16.0. The van der Waals surface area contributed by atoms with Gasteiger partial charge >= 0.3 is 0 Å². The maximum atomic E-state index is 13.7. The first-order chi connectivity index (χ1) is 16.3. The molecule has 4 rings (SSSR count). The van der Waals surface area contributed by atoms with Crippen LogP contribution >= 0.6 is 22.9 Å². The van der Waals surface area contributed by atoms with E-state index in [0.717, 1.165) is 17.7 Å². The van der Waals surface area contributed by atoms with Crippen molar-refractivity contribution in [3.63, 3.8) is 0 Å². The Hall–Kier alpha value is -2.75. The first-order valence-corrected chi connectivity index (χ1v) is 12.1. The van der Waals surface area contributed by atoms with E-state index >= 15 is 0 Å². The number of halogens is 2. The molecule has 1 aliphatic rings. The second kappa shape index (κ2) is 10.2. The average molecular weight is 505 g/mol. The van der Waals surface area contributed by atoms with Crippen molar-refractivity contribution in [2.24, 2.45) is 5.92 Å². The lowest BCUT2D eigenvalue weighted by Crippen LogP contribution is -2.39. The van der Waals surface area contributed by atoms with Crippen LogP contribution in [0.5, 0.6) is 5.75 Å². The topological polar surface area (TPSA) is 66.0 Å². The van der Waals surface area contributed by atoms with Crippen molar-refractivity contribution in [2.75, 3.05) is 50.6 Å². The van der Waals surface area contributed by atoms with Crippen LogP contribution in [0.25, 0.3) is 10.2 Å². The van der Waals surface area contributed by atoms with E-state index in [1.54, 1.807) is 36.3 Å². The average Bonchev–Trinajstić information content (AvgIpc) is 3.42. The monoisotopic (exact) mass is 504 g/mol. The van der Waals surface area contributed by atoms with Gasteiger partial charge in [0.15, 0.2) is 5.13 Å². The third kappa shape index (κ3) is 5.01. The van der Waals surface area contributed by atoms with E-state index in [2.05, 4.69) is 4.90 Å². The Morgan fingerprint density at radius 2 is 1.97 bits per heavy atom. The Balaban J connectivity index is 1.63. The summed E-state index contributed by atoms with van der Waals surface area (Å²) >= 11 is 7.74. The molecule has 1 atom stereocenters. The van der Waals surface area contributed by atoms with E-state index in [1.165, 1.54) is 28.4 Å². The van der Waals surface area contributed by atoms with Crippen LogP contribution in [-0.2, 0) is 9.59 Å². The van der Waals surface area contributed by atoms with Crippen LogP contribution in [0.3, 0.4) is 0 Å². The number of carbonyl (C=O) groups is 2. The summed E-state index contributed by atoms with van der Waals surface area (Å²) in [6.07, 6.45) is 0.831. The largest absolute Gasteiger partial charge is 0.494 e. The molecule has 2 heterocycles. The van der Waals surface area contributed by atoms with E-state index in [1.807, 2.05) is 14.1 Å². The van der Waals surface area contributed by atoms with Gasteiger partial charge in [-0.05, 0) is 63.5 Å². The van der Waals surface area contributed by atoms with Crippen LogP contribution in [0, 0.1) is 11.7 Å². The Labute approximate surface area is 206 Å². The van der Waals surface area contributed by atoms with Crippen molar-refractivity contribution in [3.05, 3.63) is 47.2 Å². The van der Waals surface area contributed by atoms with Gasteiger partial charge in [-0.25, -0.2) is 9.37 Å². The zero-order valence-corrected chi connectivity index (χ0v) is 20.8. The second-order valence-corrected chi connectivity index (χ2v) is 9.84. The standard InChI is InChI=1S/C24H26ClFN4O3S/c1-28(2)11-4-12-29(24-27-21-19(33-3)10-9-18(25)22(21)34-24)23(32)15-13-20(31)30(14-15)17-7-5-16(26)6-8-17/h5-10,15H,4,11-14H2,1-3H3. The summed E-state index contributed by atoms with van der Waals surface area (Å²) in [6, 6.07) is 9.22. The summed E-state index contributed by atoms with van der Waals surface area (Å²) in [5, 5.41) is 1.07. The number of aromatic nitrogens is 1. The van der Waals surface area contributed by atoms with Crippen LogP contribution in [0.2, 0.25) is 5.02 Å². The van der Waals surface area contributed by atoms with Crippen molar-refractivity contribution in [3.8, 4) is 5.75 Å². The highest BCUT2D eigenvalue weighted by atomic mass is 35.5. The number of amides is 2. The minimum absolute atomic E-state index is 0.0926. The Morgan fingerprint density at radius 3 is 2.65 bits per heavy atom. The SMILES string of the molecule is COc1ccc(Cl)c2sc(N(CCCN(C)C)C(=O)C3CC(=O)N(c4ccc(F)cc4)C3)nc12. The molecule has 3 aromatic rings. The lowest BCUT2D eigenvalue weighted by atomic mass is 10.1. The second-order valence-electron chi connectivity index (χ2n) is 8.45. The van der Waals surface area contributed by atoms with Crippen molar-refractivity contribution in [1.82, 2.24) is 9.88 Å². The molecule has 0 aliphatic carbocycles. The molecule has 180 valence electrons. The highest BCUT2D eigenvalue weighted by Gasteiger charge is 2.38. The maximum absolute atomic E-state index is 13.7. The molecule has 2 amide bonds. The van der Waals surface area contributed by atoms with Gasteiger partial charge in [0.05, 0.1) is 22.8 Å². The predicted octanol–water partition coefficient (Wildman–Crippen LogP) is 4.44. The molecule has 7 nitrogen and oxygen atoms in total. The number of ether oxygens (including phenoxy) is 1. The van der Waals surface area contributed by atoms with Gasteiger partial charge in [-0.2, -0.15) is 0 Å². The summed E-state index contributed by atoms with van der Waals surface area (Å²) in [7, 11) is 5.52. The third-order valence-electron chi connectivity index (χ3n) is 5.76. The number of hydrogen-bond acceptors (Lipinski definition) is 6. The minimum Gasteiger partial charge on any atom is -0.494 e. The van der Waals surface area contributed by atoms with Crippen LogP contribution in [0.15, 0.2) is 36.4 Å². The molecule has 1 aliphatic heterocycles. The fraction of sp³-hybridized carbons (Fsp3) is 0.375.